The number of ether oxygens (including phenoxy) is 1. The van der Waals surface area contributed by atoms with E-state index in [1.165, 1.54) is 0 Å². The van der Waals surface area contributed by atoms with Gasteiger partial charge in [0, 0.05) is 6.92 Å². The van der Waals surface area contributed by atoms with Crippen LogP contribution in [0.15, 0.2) is 4.42 Å². The van der Waals surface area contributed by atoms with E-state index in [4.69, 9.17) is 9.15 Å². The summed E-state index contributed by atoms with van der Waals surface area (Å²) in [5.74, 6) is 1.01. The molecule has 0 saturated carbocycles. The molecule has 0 spiro atoms. The summed E-state index contributed by atoms with van der Waals surface area (Å²) in [4.78, 5) is 0. The highest BCUT2D eigenvalue weighted by atomic mass is 16.6. The Labute approximate surface area is 65.6 Å². The molecule has 0 atom stereocenters. The number of rotatable bonds is 3. The first kappa shape index (κ1) is 8.04. The zero-order valence-corrected chi connectivity index (χ0v) is 7.00. The van der Waals surface area contributed by atoms with Gasteiger partial charge in [-0.25, -0.2) is 0 Å². The Morgan fingerprint density at radius 2 is 2.18 bits per heavy atom. The van der Waals surface area contributed by atoms with Gasteiger partial charge in [0.05, 0.1) is 6.61 Å². The second-order valence-corrected chi connectivity index (χ2v) is 2.79. The normalized spacial score (nSPS) is 10.5. The number of hydrogen-bond donors (Lipinski definition) is 0. The molecule has 0 amide bonds. The van der Waals surface area contributed by atoms with Gasteiger partial charge >= 0.3 is 6.08 Å². The van der Waals surface area contributed by atoms with Crippen molar-refractivity contribution < 1.29 is 9.15 Å². The number of nitrogens with zero attached hydrogens (tertiary/aromatic N) is 2. The Morgan fingerprint density at radius 1 is 1.45 bits per heavy atom. The van der Waals surface area contributed by atoms with Crippen LogP contribution in [-0.4, -0.2) is 16.8 Å². The second kappa shape index (κ2) is 3.37. The fraction of sp³-hybridized carbons (Fsp3) is 0.714. The average molecular weight is 156 g/mol. The van der Waals surface area contributed by atoms with Gasteiger partial charge < -0.3 is 9.15 Å². The molecule has 4 nitrogen and oxygen atoms in total. The molecule has 62 valence electrons. The zero-order valence-electron chi connectivity index (χ0n) is 7.00. The molecule has 0 unspecified atom stereocenters. The third-order valence-electron chi connectivity index (χ3n) is 1.05. The van der Waals surface area contributed by atoms with Crippen molar-refractivity contribution in [3.8, 4) is 6.08 Å². The van der Waals surface area contributed by atoms with Crippen LogP contribution in [0.3, 0.4) is 0 Å². The molecular formula is C7H12N2O2. The van der Waals surface area contributed by atoms with Crippen LogP contribution in [0.5, 0.6) is 6.08 Å². The average Bonchev–Trinajstić information content (AvgIpc) is 2.31. The van der Waals surface area contributed by atoms with E-state index in [0.717, 1.165) is 0 Å². The van der Waals surface area contributed by atoms with Crippen molar-refractivity contribution in [1.29, 1.82) is 0 Å². The Balaban J connectivity index is 2.39. The summed E-state index contributed by atoms with van der Waals surface area (Å²) < 4.78 is 10.1. The monoisotopic (exact) mass is 156 g/mol. The topological polar surface area (TPSA) is 48.2 Å². The predicted octanol–water partition coefficient (Wildman–Crippen LogP) is 1.41. The molecule has 0 aliphatic rings. The molecule has 0 bridgehead atoms. The lowest BCUT2D eigenvalue weighted by Gasteiger charge is -2.01. The summed E-state index contributed by atoms with van der Waals surface area (Å²) in [6.07, 6.45) is 0.260. The quantitative estimate of drug-likeness (QED) is 0.663. The highest BCUT2D eigenvalue weighted by molar-refractivity contribution is 4.82. The van der Waals surface area contributed by atoms with Crippen LogP contribution in [-0.2, 0) is 0 Å². The lowest BCUT2D eigenvalue weighted by Crippen LogP contribution is -2.04. The smallest absolute Gasteiger partial charge is 0.414 e. The molecule has 4 heteroatoms. The maximum absolute atomic E-state index is 5.15. The van der Waals surface area contributed by atoms with Crippen LogP contribution in [0.1, 0.15) is 19.7 Å². The molecule has 0 fully saturated rings. The third kappa shape index (κ3) is 2.57. The summed E-state index contributed by atoms with van der Waals surface area (Å²) >= 11 is 0. The van der Waals surface area contributed by atoms with Crippen LogP contribution < -0.4 is 4.74 Å². The van der Waals surface area contributed by atoms with Crippen LogP contribution in [0.2, 0.25) is 0 Å². The first-order valence-electron chi connectivity index (χ1n) is 3.61. The number of aromatic nitrogens is 2. The molecular weight excluding hydrogens is 144 g/mol. The SMILES string of the molecule is Cc1nnc(OCC(C)C)o1. The van der Waals surface area contributed by atoms with Gasteiger partial charge in [-0.2, -0.15) is 0 Å². The lowest BCUT2D eigenvalue weighted by atomic mass is 10.2. The van der Waals surface area contributed by atoms with E-state index in [0.29, 0.717) is 18.4 Å². The van der Waals surface area contributed by atoms with Crippen molar-refractivity contribution in [1.82, 2.24) is 10.2 Å². The maximum atomic E-state index is 5.15. The van der Waals surface area contributed by atoms with Crippen molar-refractivity contribution in [3.63, 3.8) is 0 Å². The van der Waals surface area contributed by atoms with E-state index < -0.39 is 0 Å². The molecule has 0 saturated heterocycles. The maximum Gasteiger partial charge on any atom is 0.414 e. The van der Waals surface area contributed by atoms with E-state index in [-0.39, 0.29) is 6.08 Å². The minimum absolute atomic E-state index is 0.260. The summed E-state index contributed by atoms with van der Waals surface area (Å²) in [6.45, 7) is 6.46. The van der Waals surface area contributed by atoms with Crippen molar-refractivity contribution >= 4 is 0 Å². The molecule has 0 N–H and O–H groups in total. The molecule has 11 heavy (non-hydrogen) atoms. The highest BCUT2D eigenvalue weighted by Gasteiger charge is 2.03. The largest absolute Gasteiger partial charge is 0.449 e. The molecule has 0 radical (unpaired) electrons. The fourth-order valence-electron chi connectivity index (χ4n) is 0.575. The first-order valence-corrected chi connectivity index (χ1v) is 3.61. The van der Waals surface area contributed by atoms with Crippen molar-refractivity contribution in [2.24, 2.45) is 5.92 Å². The van der Waals surface area contributed by atoms with Gasteiger partial charge in [0.15, 0.2) is 0 Å². The predicted molar refractivity (Wildman–Crippen MR) is 39.4 cm³/mol. The fourth-order valence-corrected chi connectivity index (χ4v) is 0.575. The Morgan fingerprint density at radius 3 is 2.64 bits per heavy atom. The molecule has 1 aromatic rings. The van der Waals surface area contributed by atoms with Crippen LogP contribution in [0.4, 0.5) is 0 Å². The molecule has 0 aromatic carbocycles. The Kier molecular flexibility index (Phi) is 2.46. The standard InChI is InChI=1S/C7H12N2O2/c1-5(2)4-10-7-9-8-6(3)11-7/h5H,4H2,1-3H3. The Bertz CT molecular complexity index is 220. The summed E-state index contributed by atoms with van der Waals surface area (Å²) in [5, 5.41) is 7.30. The minimum atomic E-state index is 0.260. The molecule has 1 aromatic heterocycles. The van der Waals surface area contributed by atoms with Crippen LogP contribution >= 0.6 is 0 Å². The van der Waals surface area contributed by atoms with E-state index >= 15 is 0 Å². The summed E-state index contributed by atoms with van der Waals surface area (Å²) in [5.41, 5.74) is 0. The van der Waals surface area contributed by atoms with Gasteiger partial charge in [-0.15, -0.1) is 5.10 Å². The van der Waals surface area contributed by atoms with E-state index in [1.807, 2.05) is 0 Å². The molecule has 1 heterocycles. The van der Waals surface area contributed by atoms with Gasteiger partial charge in [-0.3, -0.25) is 0 Å². The van der Waals surface area contributed by atoms with Gasteiger partial charge in [-0.1, -0.05) is 18.9 Å². The van der Waals surface area contributed by atoms with Crippen molar-refractivity contribution in [3.05, 3.63) is 5.89 Å². The zero-order chi connectivity index (χ0) is 8.27. The first-order chi connectivity index (χ1) is 5.18. The minimum Gasteiger partial charge on any atom is -0.449 e. The lowest BCUT2D eigenvalue weighted by molar-refractivity contribution is 0.199. The van der Waals surface area contributed by atoms with Crippen LogP contribution in [0, 0.1) is 12.8 Å². The molecule has 0 aliphatic carbocycles. The van der Waals surface area contributed by atoms with Crippen molar-refractivity contribution in [2.45, 2.75) is 20.8 Å². The van der Waals surface area contributed by atoms with Gasteiger partial charge in [0.25, 0.3) is 0 Å². The van der Waals surface area contributed by atoms with E-state index in [9.17, 15) is 0 Å². The van der Waals surface area contributed by atoms with Gasteiger partial charge in [-0.05, 0) is 5.92 Å². The van der Waals surface area contributed by atoms with Gasteiger partial charge in [0.2, 0.25) is 5.89 Å². The number of aryl methyl sites for hydroxylation is 1. The summed E-state index contributed by atoms with van der Waals surface area (Å²) in [7, 11) is 0. The molecule has 1 rings (SSSR count). The van der Waals surface area contributed by atoms with E-state index in [1.54, 1.807) is 6.92 Å². The Hall–Kier alpha value is -1.06. The van der Waals surface area contributed by atoms with Gasteiger partial charge in [0.1, 0.15) is 0 Å². The van der Waals surface area contributed by atoms with Crippen molar-refractivity contribution in [2.75, 3.05) is 6.61 Å². The number of hydrogen-bond acceptors (Lipinski definition) is 4. The van der Waals surface area contributed by atoms with Crippen LogP contribution in [0.25, 0.3) is 0 Å². The molecule has 0 aliphatic heterocycles. The second-order valence-electron chi connectivity index (χ2n) is 2.79. The van der Waals surface area contributed by atoms with E-state index in [2.05, 4.69) is 24.0 Å². The third-order valence-corrected chi connectivity index (χ3v) is 1.05. The highest BCUT2D eigenvalue weighted by Crippen LogP contribution is 2.07. The summed E-state index contributed by atoms with van der Waals surface area (Å²) in [6, 6.07) is 0.